The minimum absolute atomic E-state index is 0.251. The van der Waals surface area contributed by atoms with E-state index in [0.29, 0.717) is 6.61 Å². The van der Waals surface area contributed by atoms with Crippen LogP contribution in [0.2, 0.25) is 0 Å². The van der Waals surface area contributed by atoms with Gasteiger partial charge in [-0.2, -0.15) is 0 Å². The Balaban J connectivity index is 2.15. The number of phenolic OH excluding ortho intramolecular Hbond substituents is 1. The van der Waals surface area contributed by atoms with Gasteiger partial charge in [-0.25, -0.2) is 4.39 Å². The van der Waals surface area contributed by atoms with Crippen LogP contribution >= 0.6 is 0 Å². The van der Waals surface area contributed by atoms with Gasteiger partial charge in [-0.05, 0) is 37.5 Å². The molecule has 4 heteroatoms. The Kier molecular flexibility index (Phi) is 3.05. The van der Waals surface area contributed by atoms with Gasteiger partial charge in [0.15, 0.2) is 11.6 Å². The number of halogens is 1. The highest BCUT2D eigenvalue weighted by atomic mass is 19.1. The van der Waals surface area contributed by atoms with Crippen molar-refractivity contribution in [3.8, 4) is 5.75 Å². The van der Waals surface area contributed by atoms with Gasteiger partial charge in [0.1, 0.15) is 0 Å². The third kappa shape index (κ3) is 2.40. The number of aromatic hydroxyl groups is 1. The summed E-state index contributed by atoms with van der Waals surface area (Å²) in [6.45, 7) is 2.12. The summed E-state index contributed by atoms with van der Waals surface area (Å²) < 4.78 is 18.2. The van der Waals surface area contributed by atoms with E-state index in [1.807, 2.05) is 0 Å². The van der Waals surface area contributed by atoms with Gasteiger partial charge in [0.25, 0.3) is 0 Å². The van der Waals surface area contributed by atoms with Crippen LogP contribution in [-0.4, -0.2) is 17.7 Å². The first-order valence-corrected chi connectivity index (χ1v) is 5.72. The third-order valence-corrected chi connectivity index (χ3v) is 3.20. The first-order valence-electron chi connectivity index (χ1n) is 5.72. The lowest BCUT2D eigenvalue weighted by molar-refractivity contribution is -0.143. The fourth-order valence-electron chi connectivity index (χ4n) is 2.04. The molecule has 0 amide bonds. The lowest BCUT2D eigenvalue weighted by Crippen LogP contribution is -2.16. The van der Waals surface area contributed by atoms with Crippen molar-refractivity contribution in [2.24, 2.45) is 0 Å². The van der Waals surface area contributed by atoms with E-state index in [2.05, 4.69) is 0 Å². The summed E-state index contributed by atoms with van der Waals surface area (Å²) in [7, 11) is 0. The zero-order chi connectivity index (χ0) is 12.5. The topological polar surface area (TPSA) is 46.5 Å². The smallest absolute Gasteiger partial charge is 0.306 e. The summed E-state index contributed by atoms with van der Waals surface area (Å²) in [5.41, 5.74) is 0.488. The predicted octanol–water partition coefficient (Wildman–Crippen LogP) is 2.52. The molecule has 0 unspecified atom stereocenters. The molecule has 92 valence electrons. The SMILES string of the molecule is CCOC(=O)CC1(c2ccc(O)c(F)c2)CC1. The van der Waals surface area contributed by atoms with Crippen LogP contribution in [0.15, 0.2) is 18.2 Å². The molecule has 0 aliphatic heterocycles. The van der Waals surface area contributed by atoms with Crippen molar-refractivity contribution in [2.45, 2.75) is 31.6 Å². The molecule has 0 spiro atoms. The van der Waals surface area contributed by atoms with E-state index in [0.717, 1.165) is 18.4 Å². The molecule has 1 aromatic carbocycles. The highest BCUT2D eigenvalue weighted by molar-refractivity contribution is 5.72. The quantitative estimate of drug-likeness (QED) is 0.820. The molecule has 3 nitrogen and oxygen atoms in total. The van der Waals surface area contributed by atoms with Crippen LogP contribution in [0, 0.1) is 5.82 Å². The van der Waals surface area contributed by atoms with Gasteiger partial charge in [0.2, 0.25) is 0 Å². The maximum atomic E-state index is 13.3. The Morgan fingerprint density at radius 1 is 1.53 bits per heavy atom. The van der Waals surface area contributed by atoms with Gasteiger partial charge in [0, 0.05) is 5.41 Å². The van der Waals surface area contributed by atoms with Crippen LogP contribution in [0.1, 0.15) is 31.7 Å². The molecule has 1 aliphatic rings. The molecule has 1 aromatic rings. The molecular formula is C13H15FO3. The van der Waals surface area contributed by atoms with E-state index in [1.54, 1.807) is 13.0 Å². The lowest BCUT2D eigenvalue weighted by atomic mass is 9.92. The molecule has 17 heavy (non-hydrogen) atoms. The van der Waals surface area contributed by atoms with Crippen LogP contribution in [0.25, 0.3) is 0 Å². The van der Waals surface area contributed by atoms with Gasteiger partial charge in [-0.1, -0.05) is 6.07 Å². The van der Waals surface area contributed by atoms with Crippen molar-refractivity contribution in [3.63, 3.8) is 0 Å². The van der Waals surface area contributed by atoms with E-state index in [4.69, 9.17) is 9.84 Å². The zero-order valence-electron chi connectivity index (χ0n) is 9.70. The van der Waals surface area contributed by atoms with Gasteiger partial charge in [-0.3, -0.25) is 4.79 Å². The normalized spacial score (nSPS) is 16.6. The molecular weight excluding hydrogens is 223 g/mol. The fourth-order valence-corrected chi connectivity index (χ4v) is 2.04. The Labute approximate surface area is 99.2 Å². The molecule has 2 rings (SSSR count). The molecule has 1 saturated carbocycles. The van der Waals surface area contributed by atoms with E-state index >= 15 is 0 Å². The van der Waals surface area contributed by atoms with Crippen molar-refractivity contribution in [2.75, 3.05) is 6.61 Å². The predicted molar refractivity (Wildman–Crippen MR) is 60.2 cm³/mol. The Morgan fingerprint density at radius 3 is 2.76 bits per heavy atom. The van der Waals surface area contributed by atoms with E-state index in [9.17, 15) is 9.18 Å². The second-order valence-electron chi connectivity index (χ2n) is 4.43. The molecule has 0 atom stereocenters. The van der Waals surface area contributed by atoms with Crippen molar-refractivity contribution in [1.82, 2.24) is 0 Å². The molecule has 1 fully saturated rings. The average molecular weight is 238 g/mol. The number of ether oxygens (including phenoxy) is 1. The average Bonchev–Trinajstić information content (AvgIpc) is 3.03. The van der Waals surface area contributed by atoms with Gasteiger partial charge < -0.3 is 9.84 Å². The maximum Gasteiger partial charge on any atom is 0.306 e. The molecule has 0 heterocycles. The number of phenols is 1. The first kappa shape index (κ1) is 11.9. The Hall–Kier alpha value is -1.58. The highest BCUT2D eigenvalue weighted by Gasteiger charge is 2.46. The van der Waals surface area contributed by atoms with Crippen molar-refractivity contribution < 1.29 is 19.0 Å². The zero-order valence-corrected chi connectivity index (χ0v) is 9.70. The van der Waals surface area contributed by atoms with Gasteiger partial charge in [-0.15, -0.1) is 0 Å². The van der Waals surface area contributed by atoms with E-state index in [1.165, 1.54) is 12.1 Å². The first-order chi connectivity index (χ1) is 8.07. The molecule has 1 N–H and O–H groups in total. The molecule has 0 saturated heterocycles. The number of benzene rings is 1. The minimum atomic E-state index is -0.641. The van der Waals surface area contributed by atoms with Crippen molar-refractivity contribution in [3.05, 3.63) is 29.6 Å². The summed E-state index contributed by atoms with van der Waals surface area (Å²) in [6.07, 6.45) is 2.00. The van der Waals surface area contributed by atoms with E-state index < -0.39 is 5.82 Å². The molecule has 0 bridgehead atoms. The number of esters is 1. The Bertz CT molecular complexity index is 438. The standard InChI is InChI=1S/C13H15FO3/c1-2-17-12(16)8-13(5-6-13)9-3-4-11(15)10(14)7-9/h3-4,7,15H,2,5-6,8H2,1H3. The van der Waals surface area contributed by atoms with Crippen LogP contribution < -0.4 is 0 Å². The van der Waals surface area contributed by atoms with Crippen LogP contribution in [-0.2, 0) is 14.9 Å². The van der Waals surface area contributed by atoms with Gasteiger partial charge in [0.05, 0.1) is 13.0 Å². The third-order valence-electron chi connectivity index (χ3n) is 3.20. The maximum absolute atomic E-state index is 13.3. The van der Waals surface area contributed by atoms with E-state index in [-0.39, 0.29) is 23.6 Å². The number of hydrogen-bond donors (Lipinski definition) is 1. The molecule has 0 aromatic heterocycles. The second-order valence-corrected chi connectivity index (χ2v) is 4.43. The molecule has 1 aliphatic carbocycles. The second kappa shape index (κ2) is 4.35. The van der Waals surface area contributed by atoms with Gasteiger partial charge >= 0.3 is 5.97 Å². The monoisotopic (exact) mass is 238 g/mol. The largest absolute Gasteiger partial charge is 0.505 e. The van der Waals surface area contributed by atoms with Crippen molar-refractivity contribution in [1.29, 1.82) is 0 Å². The number of carbonyl (C=O) groups excluding carboxylic acids is 1. The van der Waals surface area contributed by atoms with Crippen molar-refractivity contribution >= 4 is 5.97 Å². The van der Waals surface area contributed by atoms with Crippen LogP contribution in [0.5, 0.6) is 5.75 Å². The van der Waals surface area contributed by atoms with Crippen LogP contribution in [0.3, 0.4) is 0 Å². The highest BCUT2D eigenvalue weighted by Crippen LogP contribution is 2.51. The summed E-state index contributed by atoms with van der Waals surface area (Å²) in [5, 5.41) is 9.13. The summed E-state index contributed by atoms with van der Waals surface area (Å²) in [4.78, 5) is 11.5. The summed E-state index contributed by atoms with van der Waals surface area (Å²) >= 11 is 0. The minimum Gasteiger partial charge on any atom is -0.505 e. The number of rotatable bonds is 4. The van der Waals surface area contributed by atoms with Crippen LogP contribution in [0.4, 0.5) is 4.39 Å². The molecule has 0 radical (unpaired) electrons. The summed E-state index contributed by atoms with van der Waals surface area (Å²) in [6, 6.07) is 4.31. The Morgan fingerprint density at radius 2 is 2.24 bits per heavy atom. The fraction of sp³-hybridized carbons (Fsp3) is 0.462. The summed E-state index contributed by atoms with van der Waals surface area (Å²) in [5.74, 6) is -1.25. The number of carbonyl (C=O) groups is 1. The lowest BCUT2D eigenvalue weighted by Gasteiger charge is -2.15. The number of hydrogen-bond acceptors (Lipinski definition) is 3.